The van der Waals surface area contributed by atoms with Crippen molar-refractivity contribution in [3.63, 3.8) is 0 Å². The van der Waals surface area contributed by atoms with E-state index in [1.807, 2.05) is 42.5 Å². The quantitative estimate of drug-likeness (QED) is 0.844. The van der Waals surface area contributed by atoms with Gasteiger partial charge in [0.25, 0.3) is 0 Å². The third-order valence-electron chi connectivity index (χ3n) is 3.02. The van der Waals surface area contributed by atoms with Crippen molar-refractivity contribution >= 4 is 11.8 Å². The summed E-state index contributed by atoms with van der Waals surface area (Å²) in [4.78, 5) is 0. The minimum atomic E-state index is 0.787. The van der Waals surface area contributed by atoms with E-state index >= 15 is 0 Å². The van der Waals surface area contributed by atoms with Gasteiger partial charge in [0.2, 0.25) is 0 Å². The van der Waals surface area contributed by atoms with Crippen molar-refractivity contribution in [2.45, 2.75) is 6.42 Å². The zero-order valence-electron chi connectivity index (χ0n) is 11.8. The SMILES string of the molecule is COc1cc(/C=C/Cc2ccc(N)cc2)cc(OC)c1. The van der Waals surface area contributed by atoms with Crippen molar-refractivity contribution in [2.24, 2.45) is 0 Å². The number of ether oxygens (including phenoxy) is 2. The van der Waals surface area contributed by atoms with Gasteiger partial charge in [-0.1, -0.05) is 24.3 Å². The Morgan fingerprint density at radius 1 is 0.950 bits per heavy atom. The molecule has 3 heteroatoms. The Morgan fingerprint density at radius 2 is 1.55 bits per heavy atom. The van der Waals surface area contributed by atoms with E-state index in [0.717, 1.165) is 29.2 Å². The molecule has 2 aromatic carbocycles. The zero-order chi connectivity index (χ0) is 14.4. The summed E-state index contributed by atoms with van der Waals surface area (Å²) in [6.07, 6.45) is 5.03. The van der Waals surface area contributed by atoms with Crippen LogP contribution in [0.25, 0.3) is 6.08 Å². The number of hydrogen-bond acceptors (Lipinski definition) is 3. The van der Waals surface area contributed by atoms with E-state index in [2.05, 4.69) is 12.2 Å². The maximum atomic E-state index is 5.66. The van der Waals surface area contributed by atoms with Gasteiger partial charge in [-0.15, -0.1) is 0 Å². The van der Waals surface area contributed by atoms with Gasteiger partial charge < -0.3 is 15.2 Å². The lowest BCUT2D eigenvalue weighted by molar-refractivity contribution is 0.394. The van der Waals surface area contributed by atoms with Crippen LogP contribution in [0, 0.1) is 0 Å². The molecule has 0 unspecified atom stereocenters. The molecular formula is C17H19NO2. The average molecular weight is 269 g/mol. The standard InChI is InChI=1S/C17H19NO2/c1-19-16-10-14(11-17(12-16)20-2)5-3-4-13-6-8-15(18)9-7-13/h3,5-12H,4,18H2,1-2H3/b5-3+. The van der Waals surface area contributed by atoms with Crippen LogP contribution in [0.5, 0.6) is 11.5 Å². The smallest absolute Gasteiger partial charge is 0.123 e. The van der Waals surface area contributed by atoms with Crippen LogP contribution in [0.2, 0.25) is 0 Å². The summed E-state index contributed by atoms with van der Waals surface area (Å²) < 4.78 is 10.5. The molecule has 0 aliphatic heterocycles. The van der Waals surface area contributed by atoms with Gasteiger partial charge in [0.05, 0.1) is 14.2 Å². The minimum Gasteiger partial charge on any atom is -0.497 e. The minimum absolute atomic E-state index is 0.787. The molecule has 0 saturated heterocycles. The van der Waals surface area contributed by atoms with Gasteiger partial charge in [0, 0.05) is 11.8 Å². The van der Waals surface area contributed by atoms with Crippen LogP contribution in [0.1, 0.15) is 11.1 Å². The highest BCUT2D eigenvalue weighted by molar-refractivity contribution is 5.55. The fourth-order valence-electron chi connectivity index (χ4n) is 1.91. The fourth-order valence-corrected chi connectivity index (χ4v) is 1.91. The summed E-state index contributed by atoms with van der Waals surface area (Å²) in [5.41, 5.74) is 8.73. The largest absolute Gasteiger partial charge is 0.497 e. The van der Waals surface area contributed by atoms with Gasteiger partial charge >= 0.3 is 0 Å². The number of allylic oxidation sites excluding steroid dienone is 1. The van der Waals surface area contributed by atoms with Gasteiger partial charge in [0.15, 0.2) is 0 Å². The molecule has 0 aromatic heterocycles. The number of methoxy groups -OCH3 is 2. The third kappa shape index (κ3) is 3.79. The van der Waals surface area contributed by atoms with Crippen LogP contribution in [0.15, 0.2) is 48.5 Å². The van der Waals surface area contributed by atoms with Gasteiger partial charge in [-0.2, -0.15) is 0 Å². The Kier molecular flexibility index (Phi) is 4.66. The monoisotopic (exact) mass is 269 g/mol. The highest BCUT2D eigenvalue weighted by atomic mass is 16.5. The lowest BCUT2D eigenvalue weighted by atomic mass is 10.1. The number of nitrogen functional groups attached to an aromatic ring is 1. The normalized spacial score (nSPS) is 10.7. The lowest BCUT2D eigenvalue weighted by Gasteiger charge is -2.05. The molecule has 0 radical (unpaired) electrons. The molecule has 2 N–H and O–H groups in total. The van der Waals surface area contributed by atoms with Crippen LogP contribution in [-0.4, -0.2) is 14.2 Å². The summed E-state index contributed by atoms with van der Waals surface area (Å²) in [7, 11) is 3.30. The van der Waals surface area contributed by atoms with E-state index in [1.54, 1.807) is 14.2 Å². The molecule has 2 rings (SSSR count). The summed E-state index contributed by atoms with van der Waals surface area (Å²) in [5.74, 6) is 1.58. The molecule has 0 atom stereocenters. The predicted molar refractivity (Wildman–Crippen MR) is 83.1 cm³/mol. The Balaban J connectivity index is 2.08. The molecule has 3 nitrogen and oxygen atoms in total. The highest BCUT2D eigenvalue weighted by Gasteiger charge is 1.99. The summed E-state index contributed by atoms with van der Waals surface area (Å²) >= 11 is 0. The Labute approximate surface area is 119 Å². The molecule has 0 fully saturated rings. The molecule has 0 heterocycles. The number of hydrogen-bond donors (Lipinski definition) is 1. The second-order valence-corrected chi connectivity index (χ2v) is 4.49. The van der Waals surface area contributed by atoms with Crippen LogP contribution in [0.4, 0.5) is 5.69 Å². The predicted octanol–water partition coefficient (Wildman–Crippen LogP) is 3.54. The van der Waals surface area contributed by atoms with Crippen molar-refractivity contribution in [3.05, 3.63) is 59.7 Å². The number of rotatable bonds is 5. The van der Waals surface area contributed by atoms with E-state index in [1.165, 1.54) is 5.56 Å². The molecule has 0 amide bonds. The Morgan fingerprint density at radius 3 is 2.10 bits per heavy atom. The lowest BCUT2D eigenvalue weighted by Crippen LogP contribution is -1.88. The highest BCUT2D eigenvalue weighted by Crippen LogP contribution is 2.23. The van der Waals surface area contributed by atoms with E-state index in [0.29, 0.717) is 0 Å². The molecule has 0 bridgehead atoms. The van der Waals surface area contributed by atoms with Crippen LogP contribution >= 0.6 is 0 Å². The summed E-state index contributed by atoms with van der Waals surface area (Å²) in [5, 5.41) is 0. The first-order valence-electron chi connectivity index (χ1n) is 6.45. The third-order valence-corrected chi connectivity index (χ3v) is 3.02. The first-order valence-corrected chi connectivity index (χ1v) is 6.45. The molecule has 0 aliphatic carbocycles. The molecule has 0 aliphatic rings. The maximum Gasteiger partial charge on any atom is 0.123 e. The van der Waals surface area contributed by atoms with Crippen molar-refractivity contribution < 1.29 is 9.47 Å². The van der Waals surface area contributed by atoms with Gasteiger partial charge in [0.1, 0.15) is 11.5 Å². The van der Waals surface area contributed by atoms with E-state index < -0.39 is 0 Å². The first-order chi connectivity index (χ1) is 9.71. The van der Waals surface area contributed by atoms with Crippen molar-refractivity contribution in [3.8, 4) is 11.5 Å². The number of anilines is 1. The topological polar surface area (TPSA) is 44.5 Å². The fraction of sp³-hybridized carbons (Fsp3) is 0.176. The number of nitrogens with two attached hydrogens (primary N) is 1. The molecule has 20 heavy (non-hydrogen) atoms. The Bertz CT molecular complexity index is 566. The van der Waals surface area contributed by atoms with Crippen LogP contribution in [-0.2, 0) is 6.42 Å². The first kappa shape index (κ1) is 14.0. The molecule has 0 spiro atoms. The summed E-state index contributed by atoms with van der Waals surface area (Å²) in [6, 6.07) is 13.7. The molecular weight excluding hydrogens is 250 g/mol. The number of benzene rings is 2. The van der Waals surface area contributed by atoms with Gasteiger partial charge in [-0.05, 0) is 41.8 Å². The van der Waals surface area contributed by atoms with Crippen molar-refractivity contribution in [2.75, 3.05) is 20.0 Å². The molecule has 2 aromatic rings. The van der Waals surface area contributed by atoms with Gasteiger partial charge in [-0.3, -0.25) is 0 Å². The van der Waals surface area contributed by atoms with Crippen LogP contribution in [0.3, 0.4) is 0 Å². The second-order valence-electron chi connectivity index (χ2n) is 4.49. The summed E-state index contributed by atoms with van der Waals surface area (Å²) in [6.45, 7) is 0. The molecule has 104 valence electrons. The molecule has 0 saturated carbocycles. The maximum absolute atomic E-state index is 5.66. The second kappa shape index (κ2) is 6.66. The van der Waals surface area contributed by atoms with Crippen molar-refractivity contribution in [1.82, 2.24) is 0 Å². The average Bonchev–Trinajstić information content (AvgIpc) is 2.49. The van der Waals surface area contributed by atoms with Crippen molar-refractivity contribution in [1.29, 1.82) is 0 Å². The van der Waals surface area contributed by atoms with Gasteiger partial charge in [-0.25, -0.2) is 0 Å². The van der Waals surface area contributed by atoms with Crippen LogP contribution < -0.4 is 15.2 Å². The van der Waals surface area contributed by atoms with E-state index in [4.69, 9.17) is 15.2 Å². The Hall–Kier alpha value is -2.42. The van der Waals surface area contributed by atoms with E-state index in [-0.39, 0.29) is 0 Å². The van der Waals surface area contributed by atoms with E-state index in [9.17, 15) is 0 Å². The zero-order valence-corrected chi connectivity index (χ0v) is 11.8.